The van der Waals surface area contributed by atoms with Crippen LogP contribution in [0, 0.1) is 6.92 Å². The van der Waals surface area contributed by atoms with E-state index in [1.807, 2.05) is 38.1 Å². The average Bonchev–Trinajstić information content (AvgIpc) is 2.77. The Bertz CT molecular complexity index is 468. The third kappa shape index (κ3) is 2.14. The fourth-order valence-corrected chi connectivity index (χ4v) is 1.80. The van der Waals surface area contributed by atoms with E-state index >= 15 is 0 Å². The molecule has 0 aliphatic rings. The molecule has 0 atom stereocenters. The van der Waals surface area contributed by atoms with Crippen molar-refractivity contribution < 1.29 is 0 Å². The summed E-state index contributed by atoms with van der Waals surface area (Å²) in [5, 5.41) is 7.44. The van der Waals surface area contributed by atoms with Crippen LogP contribution in [0.3, 0.4) is 0 Å². The van der Waals surface area contributed by atoms with E-state index in [1.54, 1.807) is 0 Å². The molecule has 2 aromatic heterocycles. The SMILES string of the molecule is CNCc1nccn1Cc1cc(C)nn1C. The molecule has 2 heterocycles. The first-order chi connectivity index (χ1) is 7.70. The molecule has 86 valence electrons. The molecule has 5 heteroatoms. The molecule has 0 saturated carbocycles. The molecule has 1 N–H and O–H groups in total. The van der Waals surface area contributed by atoms with Gasteiger partial charge in [0.05, 0.1) is 24.5 Å². The number of aromatic nitrogens is 4. The first-order valence-corrected chi connectivity index (χ1v) is 5.35. The van der Waals surface area contributed by atoms with Crippen LogP contribution in [0.15, 0.2) is 18.5 Å². The summed E-state index contributed by atoms with van der Waals surface area (Å²) in [6, 6.07) is 2.10. The third-order valence-corrected chi connectivity index (χ3v) is 2.57. The predicted octanol–water partition coefficient (Wildman–Crippen LogP) is 0.693. The molecule has 0 saturated heterocycles. The molecule has 0 fully saturated rings. The van der Waals surface area contributed by atoms with E-state index in [9.17, 15) is 0 Å². The number of hydrogen-bond acceptors (Lipinski definition) is 3. The summed E-state index contributed by atoms with van der Waals surface area (Å²) >= 11 is 0. The van der Waals surface area contributed by atoms with Crippen LogP contribution in [0.4, 0.5) is 0 Å². The number of nitrogens with zero attached hydrogens (tertiary/aromatic N) is 4. The van der Waals surface area contributed by atoms with Gasteiger partial charge in [-0.3, -0.25) is 4.68 Å². The normalized spacial score (nSPS) is 10.9. The van der Waals surface area contributed by atoms with Gasteiger partial charge in [-0.05, 0) is 20.0 Å². The highest BCUT2D eigenvalue weighted by Crippen LogP contribution is 2.06. The Hall–Kier alpha value is -1.62. The Morgan fingerprint density at radius 2 is 2.25 bits per heavy atom. The Balaban J connectivity index is 2.20. The first kappa shape index (κ1) is 10.9. The third-order valence-electron chi connectivity index (χ3n) is 2.57. The lowest BCUT2D eigenvalue weighted by atomic mass is 10.3. The van der Waals surface area contributed by atoms with Crippen LogP contribution in [0.1, 0.15) is 17.2 Å². The predicted molar refractivity (Wildman–Crippen MR) is 62.0 cm³/mol. The summed E-state index contributed by atoms with van der Waals surface area (Å²) in [6.45, 7) is 3.60. The Kier molecular flexibility index (Phi) is 3.05. The minimum atomic E-state index is 0.782. The molecule has 0 aromatic carbocycles. The molecular formula is C11H17N5. The number of imidazole rings is 1. The highest BCUT2D eigenvalue weighted by atomic mass is 15.3. The van der Waals surface area contributed by atoms with Crippen LogP contribution < -0.4 is 5.32 Å². The van der Waals surface area contributed by atoms with Gasteiger partial charge >= 0.3 is 0 Å². The van der Waals surface area contributed by atoms with Gasteiger partial charge < -0.3 is 9.88 Å². The van der Waals surface area contributed by atoms with E-state index in [0.29, 0.717) is 0 Å². The monoisotopic (exact) mass is 219 g/mol. The van der Waals surface area contributed by atoms with Crippen molar-refractivity contribution in [3.05, 3.63) is 35.7 Å². The zero-order chi connectivity index (χ0) is 11.5. The molecule has 0 amide bonds. The molecule has 0 spiro atoms. The van der Waals surface area contributed by atoms with Gasteiger partial charge in [0, 0.05) is 19.4 Å². The van der Waals surface area contributed by atoms with E-state index < -0.39 is 0 Å². The topological polar surface area (TPSA) is 47.7 Å². The smallest absolute Gasteiger partial charge is 0.122 e. The van der Waals surface area contributed by atoms with Gasteiger partial charge in [0.25, 0.3) is 0 Å². The van der Waals surface area contributed by atoms with Crippen molar-refractivity contribution >= 4 is 0 Å². The number of hydrogen-bond donors (Lipinski definition) is 1. The Morgan fingerprint density at radius 1 is 1.44 bits per heavy atom. The molecule has 0 aliphatic carbocycles. The van der Waals surface area contributed by atoms with Crippen molar-refractivity contribution in [3.8, 4) is 0 Å². The lowest BCUT2D eigenvalue weighted by molar-refractivity contribution is 0.625. The minimum Gasteiger partial charge on any atom is -0.328 e. The van der Waals surface area contributed by atoms with Gasteiger partial charge in [-0.2, -0.15) is 5.10 Å². The fourth-order valence-electron chi connectivity index (χ4n) is 1.80. The van der Waals surface area contributed by atoms with Crippen molar-refractivity contribution in [1.82, 2.24) is 24.6 Å². The molecular weight excluding hydrogens is 202 g/mol. The van der Waals surface area contributed by atoms with Crippen LogP contribution >= 0.6 is 0 Å². The van der Waals surface area contributed by atoms with Gasteiger partial charge in [-0.25, -0.2) is 4.98 Å². The minimum absolute atomic E-state index is 0.782. The molecule has 5 nitrogen and oxygen atoms in total. The van der Waals surface area contributed by atoms with Crippen molar-refractivity contribution in [2.24, 2.45) is 7.05 Å². The largest absolute Gasteiger partial charge is 0.328 e. The van der Waals surface area contributed by atoms with E-state index in [2.05, 4.69) is 26.0 Å². The molecule has 2 aromatic rings. The van der Waals surface area contributed by atoms with Gasteiger partial charge in [-0.1, -0.05) is 0 Å². The Morgan fingerprint density at radius 3 is 2.88 bits per heavy atom. The number of nitrogens with one attached hydrogen (secondary N) is 1. The zero-order valence-corrected chi connectivity index (χ0v) is 9.94. The maximum absolute atomic E-state index is 4.33. The van der Waals surface area contributed by atoms with Gasteiger partial charge in [0.15, 0.2) is 0 Å². The summed E-state index contributed by atoms with van der Waals surface area (Å²) in [4.78, 5) is 4.31. The standard InChI is InChI=1S/C11H17N5/c1-9-6-10(15(3)14-9)8-16-5-4-13-11(16)7-12-2/h4-6,12H,7-8H2,1-3H3. The maximum atomic E-state index is 4.33. The molecule has 0 bridgehead atoms. The van der Waals surface area contributed by atoms with Gasteiger partial charge in [0.2, 0.25) is 0 Å². The second kappa shape index (κ2) is 4.49. The van der Waals surface area contributed by atoms with Crippen LogP contribution in [0.5, 0.6) is 0 Å². The van der Waals surface area contributed by atoms with E-state index in [0.717, 1.165) is 24.6 Å². The summed E-state index contributed by atoms with van der Waals surface area (Å²) in [5.41, 5.74) is 2.24. The lowest BCUT2D eigenvalue weighted by Crippen LogP contribution is -2.14. The highest BCUT2D eigenvalue weighted by Gasteiger charge is 2.06. The fraction of sp³-hybridized carbons (Fsp3) is 0.455. The van der Waals surface area contributed by atoms with Crippen molar-refractivity contribution in [1.29, 1.82) is 0 Å². The first-order valence-electron chi connectivity index (χ1n) is 5.35. The average molecular weight is 219 g/mol. The van der Waals surface area contributed by atoms with Gasteiger partial charge in [0.1, 0.15) is 5.82 Å². The van der Waals surface area contributed by atoms with E-state index in [4.69, 9.17) is 0 Å². The van der Waals surface area contributed by atoms with Gasteiger partial charge in [-0.15, -0.1) is 0 Å². The Labute approximate surface area is 95.1 Å². The second-order valence-corrected chi connectivity index (χ2v) is 3.90. The molecule has 2 rings (SSSR count). The maximum Gasteiger partial charge on any atom is 0.122 e. The molecule has 0 radical (unpaired) electrons. The summed E-state index contributed by atoms with van der Waals surface area (Å²) in [6.07, 6.45) is 3.82. The van der Waals surface area contributed by atoms with Crippen LogP contribution in [0.2, 0.25) is 0 Å². The molecule has 16 heavy (non-hydrogen) atoms. The summed E-state index contributed by atoms with van der Waals surface area (Å²) < 4.78 is 4.05. The number of aryl methyl sites for hydroxylation is 2. The van der Waals surface area contributed by atoms with Crippen LogP contribution in [-0.2, 0) is 20.1 Å². The lowest BCUT2D eigenvalue weighted by Gasteiger charge is -2.07. The highest BCUT2D eigenvalue weighted by molar-refractivity contribution is 5.10. The number of rotatable bonds is 4. The van der Waals surface area contributed by atoms with E-state index in [-0.39, 0.29) is 0 Å². The van der Waals surface area contributed by atoms with E-state index in [1.165, 1.54) is 5.69 Å². The van der Waals surface area contributed by atoms with Crippen LogP contribution in [0.25, 0.3) is 0 Å². The van der Waals surface area contributed by atoms with Crippen LogP contribution in [-0.4, -0.2) is 26.4 Å². The molecule has 0 aliphatic heterocycles. The summed E-state index contributed by atoms with van der Waals surface area (Å²) in [5.74, 6) is 1.04. The van der Waals surface area contributed by atoms with Crippen molar-refractivity contribution in [2.75, 3.05) is 7.05 Å². The molecule has 0 unspecified atom stereocenters. The van der Waals surface area contributed by atoms with Crippen molar-refractivity contribution in [3.63, 3.8) is 0 Å². The second-order valence-electron chi connectivity index (χ2n) is 3.90. The van der Waals surface area contributed by atoms with Crippen molar-refractivity contribution in [2.45, 2.75) is 20.0 Å². The zero-order valence-electron chi connectivity index (χ0n) is 9.94. The quantitative estimate of drug-likeness (QED) is 0.823. The summed E-state index contributed by atoms with van der Waals surface area (Å²) in [7, 11) is 3.89.